The van der Waals surface area contributed by atoms with Crippen molar-refractivity contribution in [2.75, 3.05) is 19.8 Å². The number of ether oxygens (including phenoxy) is 3. The lowest BCUT2D eigenvalue weighted by molar-refractivity contribution is -0.139. The molecule has 6 heteroatoms. The zero-order valence-electron chi connectivity index (χ0n) is 38.0. The molecule has 314 valence electrons. The first-order valence-corrected chi connectivity index (χ1v) is 21.3. The summed E-state index contributed by atoms with van der Waals surface area (Å²) in [5.74, 6) is 1.48. The highest BCUT2D eigenvalue weighted by Crippen LogP contribution is 2.44. The van der Waals surface area contributed by atoms with Crippen LogP contribution in [-0.4, -0.2) is 36.0 Å². The predicted molar refractivity (Wildman–Crippen MR) is 238 cm³/mol. The molecule has 1 aliphatic carbocycles. The summed E-state index contributed by atoms with van der Waals surface area (Å²) in [6.07, 6.45) is 3.59. The van der Waals surface area contributed by atoms with Gasteiger partial charge in [-0.15, -0.1) is 0 Å². The van der Waals surface area contributed by atoms with Crippen molar-refractivity contribution in [3.05, 3.63) is 115 Å². The molecule has 6 nitrogen and oxygen atoms in total. The molecular weight excluding hydrogens is 721 g/mol. The second kappa shape index (κ2) is 17.0. The maximum absolute atomic E-state index is 12.4. The fourth-order valence-corrected chi connectivity index (χ4v) is 7.73. The Kier molecular flexibility index (Phi) is 13.1. The summed E-state index contributed by atoms with van der Waals surface area (Å²) in [4.78, 5) is 12.1. The van der Waals surface area contributed by atoms with E-state index in [9.17, 15) is 15.0 Å². The van der Waals surface area contributed by atoms with E-state index in [-0.39, 0.29) is 27.4 Å². The Morgan fingerprint density at radius 1 is 0.466 bits per heavy atom. The van der Waals surface area contributed by atoms with E-state index in [0.717, 1.165) is 80.0 Å². The maximum atomic E-state index is 12.4. The van der Waals surface area contributed by atoms with E-state index in [0.29, 0.717) is 44.6 Å². The second-order valence-electron chi connectivity index (χ2n) is 20.6. The van der Waals surface area contributed by atoms with Crippen molar-refractivity contribution in [3.63, 3.8) is 0 Å². The zero-order valence-corrected chi connectivity index (χ0v) is 38.0. The molecule has 0 fully saturated rings. The van der Waals surface area contributed by atoms with Crippen LogP contribution in [0.3, 0.4) is 0 Å². The lowest BCUT2D eigenvalue weighted by atomic mass is 9.79. The highest BCUT2D eigenvalue weighted by Gasteiger charge is 2.29. The number of benzene rings is 4. The summed E-state index contributed by atoms with van der Waals surface area (Å²) >= 11 is 0. The number of aromatic hydroxyl groups is 1. The van der Waals surface area contributed by atoms with Crippen LogP contribution in [0.15, 0.2) is 48.5 Å². The van der Waals surface area contributed by atoms with E-state index in [1.165, 1.54) is 11.1 Å². The van der Waals surface area contributed by atoms with Crippen molar-refractivity contribution in [2.45, 2.75) is 157 Å². The van der Waals surface area contributed by atoms with E-state index >= 15 is 0 Å². The van der Waals surface area contributed by atoms with E-state index in [4.69, 9.17) is 14.2 Å². The van der Waals surface area contributed by atoms with Crippen LogP contribution in [0.4, 0.5) is 0 Å². The van der Waals surface area contributed by atoms with Crippen LogP contribution in [0.1, 0.15) is 177 Å². The maximum Gasteiger partial charge on any atom is 0.341 e. The number of phenols is 1. The number of phenolic OH excluding ortho intramolecular Hbond substituents is 1. The number of fused-ring (bicyclic) bond motifs is 8. The molecule has 5 rings (SSSR count). The highest BCUT2D eigenvalue weighted by molar-refractivity contribution is 5.69. The van der Waals surface area contributed by atoms with E-state index in [2.05, 4.69) is 145 Å². The molecule has 2 N–H and O–H groups in total. The Morgan fingerprint density at radius 3 is 0.948 bits per heavy atom. The number of carboxylic acid groups (broad SMARTS) is 1. The van der Waals surface area contributed by atoms with Gasteiger partial charge in [0.2, 0.25) is 0 Å². The van der Waals surface area contributed by atoms with Gasteiger partial charge in [0.1, 0.15) is 23.0 Å². The van der Waals surface area contributed by atoms with Crippen LogP contribution in [0, 0.1) is 0 Å². The average Bonchev–Trinajstić information content (AvgIpc) is 3.09. The van der Waals surface area contributed by atoms with Gasteiger partial charge in [-0.05, 0) is 101 Å². The summed E-state index contributed by atoms with van der Waals surface area (Å²) in [7, 11) is 0. The minimum Gasteiger partial charge on any atom is -0.507 e. The molecule has 0 saturated heterocycles. The standard InChI is InChI=1S/C52H70O6/c1-15-17-56-46-34-19-32-23-40(49(3,4)5)24-33(45(32)55)20-35-26-42(51(9,10)11)30-39(48(35)58-31-44(53)54)22-38-29-43(52(12,13)14)28-37(47(38)57-18-16-2)21-36(46)27-41(25-34)50(6,7)8/h23-30,55H,15-22,31H2,1-14H3,(H,53,54). The van der Waals surface area contributed by atoms with Crippen molar-refractivity contribution >= 4 is 5.97 Å². The van der Waals surface area contributed by atoms with Gasteiger partial charge in [0, 0.05) is 25.7 Å². The summed E-state index contributed by atoms with van der Waals surface area (Å²) < 4.78 is 19.9. The summed E-state index contributed by atoms with van der Waals surface area (Å²) in [5.41, 5.74) is 11.5. The summed E-state index contributed by atoms with van der Waals surface area (Å²) in [6.45, 7) is 31.6. The van der Waals surface area contributed by atoms with Crippen LogP contribution in [-0.2, 0) is 52.1 Å². The number of hydrogen-bond acceptors (Lipinski definition) is 5. The van der Waals surface area contributed by atoms with Crippen molar-refractivity contribution in [2.24, 2.45) is 0 Å². The van der Waals surface area contributed by atoms with Gasteiger partial charge in [-0.25, -0.2) is 4.79 Å². The first kappa shape index (κ1) is 44.6. The molecule has 0 aliphatic heterocycles. The van der Waals surface area contributed by atoms with Crippen LogP contribution < -0.4 is 14.2 Å². The highest BCUT2D eigenvalue weighted by atomic mass is 16.5. The van der Waals surface area contributed by atoms with Gasteiger partial charge in [0.05, 0.1) is 13.2 Å². The van der Waals surface area contributed by atoms with Crippen molar-refractivity contribution in [1.29, 1.82) is 0 Å². The zero-order chi connectivity index (χ0) is 43.0. The van der Waals surface area contributed by atoms with Crippen LogP contribution in [0.25, 0.3) is 0 Å². The van der Waals surface area contributed by atoms with Gasteiger partial charge < -0.3 is 24.4 Å². The molecule has 0 unspecified atom stereocenters. The quantitative estimate of drug-likeness (QED) is 0.155. The van der Waals surface area contributed by atoms with Gasteiger partial charge in [-0.1, -0.05) is 145 Å². The molecule has 58 heavy (non-hydrogen) atoms. The van der Waals surface area contributed by atoms with Crippen LogP contribution >= 0.6 is 0 Å². The summed E-state index contributed by atoms with van der Waals surface area (Å²) in [6, 6.07) is 17.8. The molecule has 0 heterocycles. The SMILES string of the molecule is CCCOc1c2cc(C(C)(C)C)cc1Cc1cc(C(C)(C)C)cc(c1OCCC)Cc1cc(C(C)(C)C)cc(c1OCC(=O)O)Cc1cc(C(C)(C)C)cc(c1O)C2. The lowest BCUT2D eigenvalue weighted by Gasteiger charge is -2.28. The van der Waals surface area contributed by atoms with Gasteiger partial charge in [0.25, 0.3) is 0 Å². The normalized spacial score (nSPS) is 13.6. The van der Waals surface area contributed by atoms with Crippen LogP contribution in [0.2, 0.25) is 0 Å². The van der Waals surface area contributed by atoms with Gasteiger partial charge in [-0.2, -0.15) is 0 Å². The van der Waals surface area contributed by atoms with Crippen molar-refractivity contribution in [3.8, 4) is 23.0 Å². The van der Waals surface area contributed by atoms with Crippen LogP contribution in [0.5, 0.6) is 23.0 Å². The topological polar surface area (TPSA) is 85.2 Å². The Labute approximate surface area is 349 Å². The third-order valence-corrected chi connectivity index (χ3v) is 11.2. The average molecular weight is 791 g/mol. The first-order valence-electron chi connectivity index (χ1n) is 21.3. The molecular formula is C52H70O6. The fraction of sp³-hybridized carbons (Fsp3) is 0.519. The molecule has 4 aromatic rings. The second-order valence-corrected chi connectivity index (χ2v) is 20.6. The summed E-state index contributed by atoms with van der Waals surface area (Å²) in [5, 5.41) is 22.3. The number of hydrogen-bond donors (Lipinski definition) is 2. The van der Waals surface area contributed by atoms with Gasteiger partial charge >= 0.3 is 5.97 Å². The number of aliphatic carboxylic acids is 1. The van der Waals surface area contributed by atoms with Gasteiger partial charge in [-0.3, -0.25) is 0 Å². The fourth-order valence-electron chi connectivity index (χ4n) is 7.73. The van der Waals surface area contributed by atoms with E-state index in [1.807, 2.05) is 0 Å². The predicted octanol–water partition coefficient (Wildman–Crippen LogP) is 12.3. The van der Waals surface area contributed by atoms with E-state index in [1.54, 1.807) is 0 Å². The molecule has 0 amide bonds. The molecule has 0 spiro atoms. The number of rotatable bonds is 9. The smallest absolute Gasteiger partial charge is 0.341 e. The first-order chi connectivity index (χ1) is 26.9. The molecule has 0 radical (unpaired) electrons. The molecule has 8 bridgehead atoms. The Hall–Kier alpha value is -4.45. The van der Waals surface area contributed by atoms with Gasteiger partial charge in [0.15, 0.2) is 6.61 Å². The molecule has 0 aromatic heterocycles. The monoisotopic (exact) mass is 791 g/mol. The lowest BCUT2D eigenvalue weighted by Crippen LogP contribution is -2.18. The van der Waals surface area contributed by atoms with E-state index < -0.39 is 12.6 Å². The Balaban J connectivity index is 1.99. The number of carboxylic acids is 1. The minimum absolute atomic E-state index is 0.145. The molecule has 0 atom stereocenters. The van der Waals surface area contributed by atoms with Crippen molar-refractivity contribution in [1.82, 2.24) is 0 Å². The molecule has 1 aliphatic rings. The molecule has 4 aromatic carbocycles. The third kappa shape index (κ3) is 10.4. The molecule has 0 saturated carbocycles. The Morgan fingerprint density at radius 2 is 0.707 bits per heavy atom. The Bertz CT molecular complexity index is 2130. The largest absolute Gasteiger partial charge is 0.507 e. The number of carbonyl (C=O) groups is 1. The minimum atomic E-state index is -1.04. The van der Waals surface area contributed by atoms with Crippen molar-refractivity contribution < 1.29 is 29.2 Å². The third-order valence-electron chi connectivity index (χ3n) is 11.2.